The number of aryl methyl sites for hydroxylation is 1. The number of halogens is 3. The van der Waals surface area contributed by atoms with E-state index in [1.807, 2.05) is 24.3 Å². The quantitative estimate of drug-likeness (QED) is 0.316. The molecule has 6 heteroatoms. The number of nitrogens with one attached hydrogen (secondary N) is 1. The van der Waals surface area contributed by atoms with Gasteiger partial charge in [-0.3, -0.25) is 0 Å². The van der Waals surface area contributed by atoms with Crippen molar-refractivity contribution in [3.63, 3.8) is 0 Å². The average molecular weight is 509 g/mol. The molecule has 3 aromatic rings. The zero-order valence-electron chi connectivity index (χ0n) is 17.0. The van der Waals surface area contributed by atoms with Gasteiger partial charge in [0.05, 0.1) is 7.11 Å². The Bertz CT molecular complexity index is 993. The minimum absolute atomic E-state index is 0.473. The summed E-state index contributed by atoms with van der Waals surface area (Å²) in [5, 5.41) is 4.81. The molecule has 0 aliphatic heterocycles. The predicted molar refractivity (Wildman–Crippen MR) is 128 cm³/mol. The van der Waals surface area contributed by atoms with Crippen molar-refractivity contribution in [2.45, 2.75) is 26.5 Å². The molecular weight excluding hydrogens is 485 g/mol. The van der Waals surface area contributed by atoms with Crippen LogP contribution in [0.15, 0.2) is 59.1 Å². The van der Waals surface area contributed by atoms with Gasteiger partial charge in [0.2, 0.25) is 0 Å². The van der Waals surface area contributed by atoms with Gasteiger partial charge in [-0.25, -0.2) is 0 Å². The van der Waals surface area contributed by atoms with Crippen LogP contribution in [0.25, 0.3) is 0 Å². The Morgan fingerprint density at radius 1 is 1.00 bits per heavy atom. The molecule has 3 aromatic carbocycles. The summed E-state index contributed by atoms with van der Waals surface area (Å²) in [6.45, 7) is 3.94. The highest BCUT2D eigenvalue weighted by Crippen LogP contribution is 2.36. The van der Waals surface area contributed by atoms with E-state index in [1.165, 1.54) is 5.56 Å². The number of methoxy groups -OCH3 is 1. The highest BCUT2D eigenvalue weighted by atomic mass is 79.9. The molecule has 0 atom stereocenters. The van der Waals surface area contributed by atoms with E-state index in [9.17, 15) is 0 Å². The molecule has 0 fully saturated rings. The first-order valence-electron chi connectivity index (χ1n) is 9.66. The molecule has 0 amide bonds. The van der Waals surface area contributed by atoms with E-state index in [0.29, 0.717) is 28.9 Å². The van der Waals surface area contributed by atoms with Gasteiger partial charge in [0.15, 0.2) is 11.5 Å². The third-order valence-electron chi connectivity index (χ3n) is 4.78. The summed E-state index contributed by atoms with van der Waals surface area (Å²) in [6.07, 6.45) is 0.803. The number of benzene rings is 3. The van der Waals surface area contributed by atoms with Gasteiger partial charge in [-0.15, -0.1) is 0 Å². The molecule has 0 saturated carbocycles. The summed E-state index contributed by atoms with van der Waals surface area (Å²) in [7, 11) is 1.65. The Morgan fingerprint density at radius 2 is 1.77 bits per heavy atom. The van der Waals surface area contributed by atoms with Crippen molar-refractivity contribution in [1.29, 1.82) is 0 Å². The van der Waals surface area contributed by atoms with Crippen LogP contribution in [-0.2, 0) is 19.6 Å². The second-order valence-electron chi connectivity index (χ2n) is 6.99. The van der Waals surface area contributed by atoms with Gasteiger partial charge in [-0.2, -0.15) is 0 Å². The largest absolute Gasteiger partial charge is 0.493 e. The Kier molecular flexibility index (Phi) is 8.46. The van der Waals surface area contributed by atoms with Crippen LogP contribution in [0, 0.1) is 6.92 Å². The van der Waals surface area contributed by atoms with Crippen LogP contribution < -0.4 is 14.8 Å². The van der Waals surface area contributed by atoms with Crippen LogP contribution in [0.1, 0.15) is 22.3 Å². The van der Waals surface area contributed by atoms with Gasteiger partial charge in [-0.1, -0.05) is 75.0 Å². The average Bonchev–Trinajstić information content (AvgIpc) is 2.73. The lowest BCUT2D eigenvalue weighted by Gasteiger charge is -2.17. The van der Waals surface area contributed by atoms with Crippen molar-refractivity contribution in [3.05, 3.63) is 91.4 Å². The topological polar surface area (TPSA) is 30.5 Å². The zero-order chi connectivity index (χ0) is 21.5. The van der Waals surface area contributed by atoms with E-state index in [2.05, 4.69) is 52.4 Å². The minimum atomic E-state index is 0.473. The molecular formula is C24H24BrCl2NO2. The maximum atomic E-state index is 6.27. The lowest BCUT2D eigenvalue weighted by molar-refractivity contribution is 0.280. The molecule has 0 heterocycles. The van der Waals surface area contributed by atoms with E-state index in [0.717, 1.165) is 39.9 Å². The second kappa shape index (κ2) is 11.1. The Morgan fingerprint density at radius 3 is 2.47 bits per heavy atom. The third kappa shape index (κ3) is 6.14. The Balaban J connectivity index is 1.67. The lowest BCUT2D eigenvalue weighted by atomic mass is 10.1. The molecule has 30 heavy (non-hydrogen) atoms. The van der Waals surface area contributed by atoms with Crippen molar-refractivity contribution in [3.8, 4) is 11.5 Å². The van der Waals surface area contributed by atoms with Crippen LogP contribution in [0.2, 0.25) is 10.0 Å². The summed E-state index contributed by atoms with van der Waals surface area (Å²) in [4.78, 5) is 0. The molecule has 0 unspecified atom stereocenters. The van der Waals surface area contributed by atoms with Crippen molar-refractivity contribution in [2.24, 2.45) is 0 Å². The second-order valence-corrected chi connectivity index (χ2v) is 8.69. The fourth-order valence-electron chi connectivity index (χ4n) is 3.07. The molecule has 0 spiro atoms. The highest BCUT2D eigenvalue weighted by Gasteiger charge is 2.15. The van der Waals surface area contributed by atoms with Crippen LogP contribution >= 0.6 is 39.1 Å². The van der Waals surface area contributed by atoms with E-state index in [1.54, 1.807) is 13.2 Å². The van der Waals surface area contributed by atoms with Gasteiger partial charge in [-0.05, 0) is 55.3 Å². The number of rotatable bonds is 9. The summed E-state index contributed by atoms with van der Waals surface area (Å²) in [6, 6.07) is 17.8. The molecule has 1 N–H and O–H groups in total. The normalized spacial score (nSPS) is 10.8. The fourth-order valence-corrected chi connectivity index (χ4v) is 4.02. The summed E-state index contributed by atoms with van der Waals surface area (Å²) in [5.74, 6) is 1.45. The molecule has 0 bridgehead atoms. The SMILES string of the molecule is COc1ccc(Br)c(CNCCc2ccc(Cl)cc2Cl)c1OCc1ccc(C)cc1. The third-order valence-corrected chi connectivity index (χ3v) is 6.11. The van der Waals surface area contributed by atoms with Gasteiger partial charge >= 0.3 is 0 Å². The fraction of sp³-hybridized carbons (Fsp3) is 0.250. The minimum Gasteiger partial charge on any atom is -0.493 e. The van der Waals surface area contributed by atoms with Crippen molar-refractivity contribution < 1.29 is 9.47 Å². The highest BCUT2D eigenvalue weighted by molar-refractivity contribution is 9.10. The number of hydrogen-bond donors (Lipinski definition) is 1. The number of hydrogen-bond acceptors (Lipinski definition) is 3. The van der Waals surface area contributed by atoms with Gasteiger partial charge in [0.25, 0.3) is 0 Å². The van der Waals surface area contributed by atoms with Crippen LogP contribution in [0.5, 0.6) is 11.5 Å². The molecule has 0 radical (unpaired) electrons. The Hall–Kier alpha value is -1.72. The Labute approximate surface area is 196 Å². The van der Waals surface area contributed by atoms with E-state index in [-0.39, 0.29) is 0 Å². The number of ether oxygens (including phenoxy) is 2. The standard InChI is InChI=1S/C24H24BrCl2NO2/c1-16-3-5-17(6-4-16)15-30-24-20(21(25)9-10-23(24)29-2)14-28-12-11-18-7-8-19(26)13-22(18)27/h3-10,13,28H,11-12,14-15H2,1-2H3. The molecule has 0 aliphatic rings. The van der Waals surface area contributed by atoms with Crippen molar-refractivity contribution >= 4 is 39.1 Å². The first-order valence-corrected chi connectivity index (χ1v) is 11.2. The molecule has 158 valence electrons. The monoisotopic (exact) mass is 507 g/mol. The van der Waals surface area contributed by atoms with E-state index < -0.39 is 0 Å². The summed E-state index contributed by atoms with van der Waals surface area (Å²) >= 11 is 15.9. The smallest absolute Gasteiger partial charge is 0.167 e. The molecule has 0 saturated heterocycles. The molecule has 3 rings (SSSR count). The van der Waals surface area contributed by atoms with Gasteiger partial charge < -0.3 is 14.8 Å². The molecule has 0 aliphatic carbocycles. The predicted octanol–water partition coefficient (Wildman–Crippen LogP) is 6.98. The zero-order valence-corrected chi connectivity index (χ0v) is 20.1. The first-order chi connectivity index (χ1) is 14.5. The van der Waals surface area contributed by atoms with Gasteiger partial charge in [0, 0.05) is 26.6 Å². The molecule has 3 nitrogen and oxygen atoms in total. The molecule has 0 aromatic heterocycles. The lowest BCUT2D eigenvalue weighted by Crippen LogP contribution is -2.18. The van der Waals surface area contributed by atoms with Crippen LogP contribution in [0.4, 0.5) is 0 Å². The van der Waals surface area contributed by atoms with Gasteiger partial charge in [0.1, 0.15) is 6.61 Å². The van der Waals surface area contributed by atoms with Crippen molar-refractivity contribution in [2.75, 3.05) is 13.7 Å². The summed E-state index contributed by atoms with van der Waals surface area (Å²) < 4.78 is 12.7. The maximum Gasteiger partial charge on any atom is 0.167 e. The van der Waals surface area contributed by atoms with E-state index in [4.69, 9.17) is 32.7 Å². The van der Waals surface area contributed by atoms with Crippen LogP contribution in [-0.4, -0.2) is 13.7 Å². The summed E-state index contributed by atoms with van der Waals surface area (Å²) in [5.41, 5.74) is 4.42. The van der Waals surface area contributed by atoms with Crippen molar-refractivity contribution in [1.82, 2.24) is 5.32 Å². The first kappa shape index (κ1) is 23.0. The van der Waals surface area contributed by atoms with Crippen LogP contribution in [0.3, 0.4) is 0 Å². The van der Waals surface area contributed by atoms with E-state index >= 15 is 0 Å². The maximum absolute atomic E-state index is 6.27.